The molecule has 1 heterocycles. The topological polar surface area (TPSA) is 70.8 Å². The standard InChI is InChI=1S/C14H11NO5/c16-15(17)11-3-1-10(2-4-11)8-18-12-5-6-13-14(7-12)20-9-19-13/h1-7H,8-9H2. The molecule has 6 nitrogen and oxygen atoms in total. The molecule has 20 heavy (non-hydrogen) atoms. The van der Waals surface area contributed by atoms with E-state index in [0.29, 0.717) is 23.9 Å². The van der Waals surface area contributed by atoms with Crippen LogP contribution in [0.5, 0.6) is 17.2 Å². The van der Waals surface area contributed by atoms with Crippen LogP contribution in [-0.4, -0.2) is 11.7 Å². The van der Waals surface area contributed by atoms with Crippen LogP contribution in [0.4, 0.5) is 5.69 Å². The zero-order valence-corrected chi connectivity index (χ0v) is 10.4. The van der Waals surface area contributed by atoms with Gasteiger partial charge >= 0.3 is 0 Å². The van der Waals surface area contributed by atoms with Gasteiger partial charge in [0.05, 0.1) is 4.92 Å². The second kappa shape index (κ2) is 5.08. The molecule has 0 saturated carbocycles. The zero-order chi connectivity index (χ0) is 13.9. The van der Waals surface area contributed by atoms with Gasteiger partial charge in [0.1, 0.15) is 12.4 Å². The Morgan fingerprint density at radius 1 is 1.10 bits per heavy atom. The molecule has 1 aliphatic heterocycles. The molecule has 0 amide bonds. The van der Waals surface area contributed by atoms with Gasteiger partial charge in [-0.25, -0.2) is 0 Å². The Bertz CT molecular complexity index is 639. The highest BCUT2D eigenvalue weighted by atomic mass is 16.7. The van der Waals surface area contributed by atoms with E-state index in [4.69, 9.17) is 14.2 Å². The minimum atomic E-state index is -0.428. The lowest BCUT2D eigenvalue weighted by Crippen LogP contribution is -1.96. The fourth-order valence-electron chi connectivity index (χ4n) is 1.85. The second-order valence-electron chi connectivity index (χ2n) is 4.23. The maximum absolute atomic E-state index is 10.5. The summed E-state index contributed by atoms with van der Waals surface area (Å²) in [7, 11) is 0. The molecule has 2 aromatic rings. The van der Waals surface area contributed by atoms with Gasteiger partial charge in [0.25, 0.3) is 5.69 Å². The number of hydrogen-bond acceptors (Lipinski definition) is 5. The van der Waals surface area contributed by atoms with Crippen LogP contribution in [0.25, 0.3) is 0 Å². The van der Waals surface area contributed by atoms with Gasteiger partial charge in [0.15, 0.2) is 11.5 Å². The van der Waals surface area contributed by atoms with E-state index in [9.17, 15) is 10.1 Å². The van der Waals surface area contributed by atoms with Gasteiger partial charge in [-0.2, -0.15) is 0 Å². The van der Waals surface area contributed by atoms with E-state index in [1.165, 1.54) is 12.1 Å². The fraction of sp³-hybridized carbons (Fsp3) is 0.143. The van der Waals surface area contributed by atoms with Crippen LogP contribution in [0.15, 0.2) is 42.5 Å². The van der Waals surface area contributed by atoms with Crippen molar-refractivity contribution in [3.05, 3.63) is 58.1 Å². The van der Waals surface area contributed by atoms with Crippen LogP contribution >= 0.6 is 0 Å². The smallest absolute Gasteiger partial charge is 0.269 e. The third-order valence-electron chi connectivity index (χ3n) is 2.90. The molecule has 0 N–H and O–H groups in total. The van der Waals surface area contributed by atoms with Crippen LogP contribution in [-0.2, 0) is 6.61 Å². The highest BCUT2D eigenvalue weighted by molar-refractivity contribution is 5.47. The van der Waals surface area contributed by atoms with E-state index in [2.05, 4.69) is 0 Å². The molecule has 3 rings (SSSR count). The molecule has 1 aliphatic rings. The van der Waals surface area contributed by atoms with Gasteiger partial charge in [-0.3, -0.25) is 10.1 Å². The van der Waals surface area contributed by atoms with E-state index in [-0.39, 0.29) is 12.5 Å². The Morgan fingerprint density at radius 2 is 1.85 bits per heavy atom. The molecule has 0 atom stereocenters. The predicted octanol–water partition coefficient (Wildman–Crippen LogP) is 2.90. The predicted molar refractivity (Wildman–Crippen MR) is 70.0 cm³/mol. The Balaban J connectivity index is 1.65. The molecule has 0 unspecified atom stereocenters. The first-order valence-corrected chi connectivity index (χ1v) is 5.98. The van der Waals surface area contributed by atoms with E-state index >= 15 is 0 Å². The third-order valence-corrected chi connectivity index (χ3v) is 2.90. The molecule has 0 aromatic heterocycles. The van der Waals surface area contributed by atoms with Gasteiger partial charge in [-0.15, -0.1) is 0 Å². The summed E-state index contributed by atoms with van der Waals surface area (Å²) >= 11 is 0. The van der Waals surface area contributed by atoms with Gasteiger partial charge in [-0.05, 0) is 29.8 Å². The summed E-state index contributed by atoms with van der Waals surface area (Å²) in [6, 6.07) is 11.6. The van der Waals surface area contributed by atoms with Crippen molar-refractivity contribution >= 4 is 5.69 Å². The molecule has 0 bridgehead atoms. The van der Waals surface area contributed by atoms with Crippen molar-refractivity contribution in [3.63, 3.8) is 0 Å². The summed E-state index contributed by atoms with van der Waals surface area (Å²) in [4.78, 5) is 10.1. The van der Waals surface area contributed by atoms with Crippen molar-refractivity contribution in [2.75, 3.05) is 6.79 Å². The lowest BCUT2D eigenvalue weighted by atomic mass is 10.2. The molecular formula is C14H11NO5. The maximum Gasteiger partial charge on any atom is 0.269 e. The van der Waals surface area contributed by atoms with Crippen LogP contribution in [0.2, 0.25) is 0 Å². The van der Waals surface area contributed by atoms with Gasteiger partial charge in [0.2, 0.25) is 6.79 Å². The van der Waals surface area contributed by atoms with Crippen molar-refractivity contribution in [1.29, 1.82) is 0 Å². The first kappa shape index (κ1) is 12.3. The highest BCUT2D eigenvalue weighted by Gasteiger charge is 2.13. The number of nitro groups is 1. The van der Waals surface area contributed by atoms with Gasteiger partial charge < -0.3 is 14.2 Å². The number of fused-ring (bicyclic) bond motifs is 1. The van der Waals surface area contributed by atoms with Crippen LogP contribution < -0.4 is 14.2 Å². The van der Waals surface area contributed by atoms with E-state index in [1.54, 1.807) is 30.3 Å². The van der Waals surface area contributed by atoms with Crippen molar-refractivity contribution in [2.24, 2.45) is 0 Å². The number of ether oxygens (including phenoxy) is 3. The highest BCUT2D eigenvalue weighted by Crippen LogP contribution is 2.35. The lowest BCUT2D eigenvalue weighted by Gasteiger charge is -2.06. The van der Waals surface area contributed by atoms with Crippen molar-refractivity contribution in [1.82, 2.24) is 0 Å². The van der Waals surface area contributed by atoms with Crippen molar-refractivity contribution in [2.45, 2.75) is 6.61 Å². The van der Waals surface area contributed by atoms with Crippen LogP contribution in [0.3, 0.4) is 0 Å². The van der Waals surface area contributed by atoms with Crippen molar-refractivity contribution < 1.29 is 19.1 Å². The summed E-state index contributed by atoms with van der Waals surface area (Å²) in [5, 5.41) is 10.5. The SMILES string of the molecule is O=[N+]([O-])c1ccc(COc2ccc3c(c2)OCO3)cc1. The average molecular weight is 273 g/mol. The summed E-state index contributed by atoms with van der Waals surface area (Å²) in [5.41, 5.74) is 0.921. The van der Waals surface area contributed by atoms with E-state index in [1.807, 2.05) is 0 Å². The maximum atomic E-state index is 10.5. The number of nitro benzene ring substituents is 1. The molecule has 2 aromatic carbocycles. The van der Waals surface area contributed by atoms with Crippen LogP contribution in [0.1, 0.15) is 5.56 Å². The van der Waals surface area contributed by atoms with Crippen molar-refractivity contribution in [3.8, 4) is 17.2 Å². The number of hydrogen-bond donors (Lipinski definition) is 0. The minimum Gasteiger partial charge on any atom is -0.489 e. The second-order valence-corrected chi connectivity index (χ2v) is 4.23. The summed E-state index contributed by atoms with van der Waals surface area (Å²) in [6.45, 7) is 0.554. The summed E-state index contributed by atoms with van der Waals surface area (Å²) < 4.78 is 16.1. The molecule has 6 heteroatoms. The number of benzene rings is 2. The molecular weight excluding hydrogens is 262 g/mol. The number of rotatable bonds is 4. The first-order valence-electron chi connectivity index (χ1n) is 5.98. The molecule has 0 fully saturated rings. The molecule has 0 saturated heterocycles. The lowest BCUT2D eigenvalue weighted by molar-refractivity contribution is -0.384. The summed E-state index contributed by atoms with van der Waals surface area (Å²) in [5.74, 6) is 2.02. The molecule has 0 aliphatic carbocycles. The zero-order valence-electron chi connectivity index (χ0n) is 10.4. The van der Waals surface area contributed by atoms with Gasteiger partial charge in [0, 0.05) is 18.2 Å². The largest absolute Gasteiger partial charge is 0.489 e. The number of nitrogens with zero attached hydrogens (tertiary/aromatic N) is 1. The fourth-order valence-corrected chi connectivity index (χ4v) is 1.85. The van der Waals surface area contributed by atoms with Crippen LogP contribution in [0, 0.1) is 10.1 Å². The van der Waals surface area contributed by atoms with E-state index < -0.39 is 4.92 Å². The number of non-ortho nitro benzene ring substituents is 1. The molecule has 102 valence electrons. The quantitative estimate of drug-likeness (QED) is 0.632. The Hall–Kier alpha value is -2.76. The average Bonchev–Trinajstić information content (AvgIpc) is 2.93. The van der Waals surface area contributed by atoms with Gasteiger partial charge in [-0.1, -0.05) is 0 Å². The molecule has 0 radical (unpaired) electrons. The Kier molecular flexibility index (Phi) is 3.12. The first-order chi connectivity index (χ1) is 9.72. The normalized spacial score (nSPS) is 12.2. The third kappa shape index (κ3) is 2.49. The Morgan fingerprint density at radius 3 is 2.60 bits per heavy atom. The minimum absolute atomic E-state index is 0.0665. The molecule has 0 spiro atoms. The Labute approximate surface area is 114 Å². The summed E-state index contributed by atoms with van der Waals surface area (Å²) in [6.07, 6.45) is 0. The van der Waals surface area contributed by atoms with E-state index in [0.717, 1.165) is 5.56 Å². The monoisotopic (exact) mass is 273 g/mol.